The second-order valence-corrected chi connectivity index (χ2v) is 10.2. The number of ether oxygens (including phenoxy) is 2. The molecule has 0 bridgehead atoms. The average molecular weight is 574 g/mol. The zero-order valence-corrected chi connectivity index (χ0v) is 22.3. The molecule has 2 unspecified atom stereocenters. The van der Waals surface area contributed by atoms with Crippen molar-refractivity contribution < 1.29 is 27.8 Å². The third-order valence-electron chi connectivity index (χ3n) is 5.90. The number of aliphatic hydroxyl groups excluding tert-OH is 1. The minimum absolute atomic E-state index is 0.0530. The van der Waals surface area contributed by atoms with Gasteiger partial charge < -0.3 is 25.3 Å². The van der Waals surface area contributed by atoms with E-state index in [9.17, 15) is 18.3 Å². The molecule has 3 heterocycles. The van der Waals surface area contributed by atoms with Gasteiger partial charge in [-0.15, -0.1) is 21.5 Å². The van der Waals surface area contributed by atoms with Crippen LogP contribution in [0.1, 0.15) is 40.9 Å². The molecule has 1 aliphatic heterocycles. The summed E-state index contributed by atoms with van der Waals surface area (Å²) in [5, 5.41) is 22.9. The summed E-state index contributed by atoms with van der Waals surface area (Å²) in [7, 11) is 0. The number of aliphatic hydroxyl groups is 1. The summed E-state index contributed by atoms with van der Waals surface area (Å²) in [5.41, 5.74) is 5.92. The fourth-order valence-electron chi connectivity index (χ4n) is 3.90. The van der Waals surface area contributed by atoms with Crippen molar-refractivity contribution in [3.63, 3.8) is 0 Å². The first-order valence-electron chi connectivity index (χ1n) is 11.5. The standard InChI is InChI=1S/C23H27ClF3N7O3S/c1-11-10-38-22(30-11)16(28)7-33(29)8-18(35)20(37-19-9-36-12(19)2)21-32-31-13(3)34(21)17-6-14(24)4-5-15(17)23(25,26)27/h4-7,10,12,18-20,35H,8-9,28-29H2,1-3H3/b16-7-/t12-,18+,19?,20?/m1/s1. The fraction of sp³-hybridized carbons (Fsp3) is 0.435. The number of rotatable bonds is 9. The Morgan fingerprint density at radius 1 is 1.39 bits per heavy atom. The van der Waals surface area contributed by atoms with Gasteiger partial charge >= 0.3 is 6.18 Å². The highest BCUT2D eigenvalue weighted by molar-refractivity contribution is 7.10. The van der Waals surface area contributed by atoms with Crippen LogP contribution in [0, 0.1) is 13.8 Å². The molecule has 1 aliphatic rings. The van der Waals surface area contributed by atoms with Gasteiger partial charge in [-0.05, 0) is 39.0 Å². The van der Waals surface area contributed by atoms with Crippen LogP contribution < -0.4 is 11.6 Å². The average Bonchev–Trinajstić information content (AvgIpc) is 3.43. The van der Waals surface area contributed by atoms with Gasteiger partial charge in [0.05, 0.1) is 36.2 Å². The molecule has 4 rings (SSSR count). The van der Waals surface area contributed by atoms with Gasteiger partial charge in [0.2, 0.25) is 0 Å². The highest BCUT2D eigenvalue weighted by Gasteiger charge is 2.40. The Morgan fingerprint density at radius 3 is 2.71 bits per heavy atom. The largest absolute Gasteiger partial charge is 0.418 e. The minimum atomic E-state index is -4.69. The number of aromatic nitrogens is 4. The van der Waals surface area contributed by atoms with Crippen molar-refractivity contribution >= 4 is 28.6 Å². The maximum absolute atomic E-state index is 13.9. The number of nitrogens with zero attached hydrogens (tertiary/aromatic N) is 5. The maximum Gasteiger partial charge on any atom is 0.418 e. The highest BCUT2D eigenvalue weighted by atomic mass is 35.5. The van der Waals surface area contributed by atoms with Crippen LogP contribution in [-0.2, 0) is 15.7 Å². The van der Waals surface area contributed by atoms with Crippen molar-refractivity contribution in [2.45, 2.75) is 51.4 Å². The summed E-state index contributed by atoms with van der Waals surface area (Å²) in [6.07, 6.45) is -6.60. The molecule has 0 radical (unpaired) electrons. The van der Waals surface area contributed by atoms with Gasteiger partial charge in [0.15, 0.2) is 5.82 Å². The lowest BCUT2D eigenvalue weighted by atomic mass is 10.1. The zero-order chi connectivity index (χ0) is 27.8. The molecule has 0 amide bonds. The highest BCUT2D eigenvalue weighted by Crippen LogP contribution is 2.38. The van der Waals surface area contributed by atoms with Crippen molar-refractivity contribution in [3.8, 4) is 5.69 Å². The molecule has 15 heteroatoms. The Bertz CT molecular complexity index is 1320. The van der Waals surface area contributed by atoms with Gasteiger partial charge in [-0.1, -0.05) is 11.6 Å². The number of hydrogen-bond acceptors (Lipinski definition) is 10. The van der Waals surface area contributed by atoms with E-state index in [1.807, 2.05) is 12.3 Å². The van der Waals surface area contributed by atoms with E-state index in [4.69, 9.17) is 32.7 Å². The number of alkyl halides is 3. The fourth-order valence-corrected chi connectivity index (χ4v) is 4.79. The number of hydrogen-bond donors (Lipinski definition) is 3. The summed E-state index contributed by atoms with van der Waals surface area (Å²) >= 11 is 7.41. The van der Waals surface area contributed by atoms with Crippen molar-refractivity contribution in [1.29, 1.82) is 0 Å². The van der Waals surface area contributed by atoms with Gasteiger partial charge in [-0.25, -0.2) is 10.8 Å². The maximum atomic E-state index is 13.9. The lowest BCUT2D eigenvalue weighted by molar-refractivity contribution is -0.217. The van der Waals surface area contributed by atoms with Crippen LogP contribution in [-0.4, -0.2) is 61.3 Å². The molecule has 5 N–H and O–H groups in total. The first-order valence-corrected chi connectivity index (χ1v) is 12.8. The molecular weight excluding hydrogens is 547 g/mol. The van der Waals surface area contributed by atoms with Crippen LogP contribution in [0.25, 0.3) is 11.4 Å². The molecule has 1 fully saturated rings. The van der Waals surface area contributed by atoms with Gasteiger partial charge in [0.25, 0.3) is 0 Å². The SMILES string of the molecule is Cc1csc(/C(N)=C/N(N)C[C@H](O)C(OC2CO[C@@H]2C)c2nnc(C)n2-c2cc(Cl)ccc2C(F)(F)F)n1. The molecule has 0 aliphatic carbocycles. The number of hydrazine groups is 1. The van der Waals surface area contributed by atoms with Crippen molar-refractivity contribution in [2.24, 2.45) is 11.6 Å². The second kappa shape index (κ2) is 11.2. The molecule has 3 aromatic rings. The summed E-state index contributed by atoms with van der Waals surface area (Å²) in [6.45, 7) is 5.13. The summed E-state index contributed by atoms with van der Waals surface area (Å²) in [6, 6.07) is 3.19. The Morgan fingerprint density at radius 2 is 2.13 bits per heavy atom. The monoisotopic (exact) mass is 573 g/mol. The Labute approximate surface area is 225 Å². The van der Waals surface area contributed by atoms with Crippen LogP contribution in [0.3, 0.4) is 0 Å². The van der Waals surface area contributed by atoms with Crippen LogP contribution in [0.4, 0.5) is 13.2 Å². The normalized spacial score (nSPS) is 19.8. The van der Waals surface area contributed by atoms with E-state index in [-0.39, 0.29) is 47.3 Å². The quantitative estimate of drug-likeness (QED) is 0.260. The Balaban J connectivity index is 1.70. The van der Waals surface area contributed by atoms with E-state index in [1.54, 1.807) is 6.92 Å². The molecular formula is C23H27ClF3N7O3S. The number of benzene rings is 1. The van der Waals surface area contributed by atoms with E-state index in [0.29, 0.717) is 5.01 Å². The van der Waals surface area contributed by atoms with Crippen molar-refractivity contribution in [3.05, 3.63) is 62.7 Å². The van der Waals surface area contributed by atoms with E-state index in [1.165, 1.54) is 29.0 Å². The second-order valence-electron chi connectivity index (χ2n) is 8.88. The van der Waals surface area contributed by atoms with Gasteiger partial charge in [0, 0.05) is 22.3 Å². The van der Waals surface area contributed by atoms with Crippen LogP contribution in [0.15, 0.2) is 29.8 Å². The predicted octanol–water partition coefficient (Wildman–Crippen LogP) is 3.35. The van der Waals surface area contributed by atoms with Crippen molar-refractivity contribution in [2.75, 3.05) is 13.2 Å². The molecule has 0 saturated carbocycles. The van der Waals surface area contributed by atoms with E-state index >= 15 is 0 Å². The molecule has 2 aromatic heterocycles. The minimum Gasteiger partial charge on any atom is -0.395 e. The smallest absolute Gasteiger partial charge is 0.395 e. The lowest BCUT2D eigenvalue weighted by Gasteiger charge is -2.38. The Hall–Kier alpha value is -2.75. The van der Waals surface area contributed by atoms with Gasteiger partial charge in [-0.3, -0.25) is 4.57 Å². The third-order valence-corrected chi connectivity index (χ3v) is 7.14. The lowest BCUT2D eigenvalue weighted by Crippen LogP contribution is -2.48. The molecule has 38 heavy (non-hydrogen) atoms. The number of nitrogens with two attached hydrogens (primary N) is 2. The van der Waals surface area contributed by atoms with Crippen molar-refractivity contribution in [1.82, 2.24) is 24.8 Å². The van der Waals surface area contributed by atoms with Crippen LogP contribution in [0.2, 0.25) is 5.02 Å². The molecule has 10 nitrogen and oxygen atoms in total. The molecule has 0 spiro atoms. The number of aryl methyl sites for hydroxylation is 2. The summed E-state index contributed by atoms with van der Waals surface area (Å²) in [4.78, 5) is 4.29. The zero-order valence-electron chi connectivity index (χ0n) is 20.7. The van der Waals surface area contributed by atoms with E-state index in [2.05, 4.69) is 15.2 Å². The molecule has 1 saturated heterocycles. The van der Waals surface area contributed by atoms with Gasteiger partial charge in [-0.2, -0.15) is 13.2 Å². The number of halogens is 4. The number of thiazole rings is 1. The first-order chi connectivity index (χ1) is 17.8. The first kappa shape index (κ1) is 28.3. The molecule has 4 atom stereocenters. The predicted molar refractivity (Wildman–Crippen MR) is 135 cm³/mol. The van der Waals surface area contributed by atoms with E-state index in [0.717, 1.165) is 28.9 Å². The third kappa shape index (κ3) is 6.11. The summed E-state index contributed by atoms with van der Waals surface area (Å²) in [5.74, 6) is 6.19. The summed E-state index contributed by atoms with van der Waals surface area (Å²) < 4.78 is 54.4. The van der Waals surface area contributed by atoms with Crippen LogP contribution in [0.5, 0.6) is 0 Å². The topological polar surface area (TPSA) is 138 Å². The van der Waals surface area contributed by atoms with Gasteiger partial charge in [0.1, 0.15) is 29.1 Å². The van der Waals surface area contributed by atoms with E-state index < -0.39 is 30.1 Å². The molecule has 206 valence electrons. The Kier molecular flexibility index (Phi) is 8.30. The molecule has 1 aromatic carbocycles. The van der Waals surface area contributed by atoms with Crippen LogP contribution >= 0.6 is 22.9 Å².